The van der Waals surface area contributed by atoms with Crippen LogP contribution in [0.25, 0.3) is 22.4 Å². The zero-order valence-corrected chi connectivity index (χ0v) is 17.3. The van der Waals surface area contributed by atoms with Gasteiger partial charge in [0.25, 0.3) is 5.91 Å². The van der Waals surface area contributed by atoms with E-state index in [0.29, 0.717) is 35.6 Å². The molecule has 6 nitrogen and oxygen atoms in total. The van der Waals surface area contributed by atoms with Crippen molar-refractivity contribution in [3.05, 3.63) is 95.2 Å². The molecule has 32 heavy (non-hydrogen) atoms. The Morgan fingerprint density at radius 2 is 1.94 bits per heavy atom. The van der Waals surface area contributed by atoms with Crippen molar-refractivity contribution < 1.29 is 9.18 Å². The molecule has 0 spiro atoms. The van der Waals surface area contributed by atoms with E-state index in [0.717, 1.165) is 22.3 Å². The molecule has 7 heteroatoms. The lowest BCUT2D eigenvalue weighted by molar-refractivity contribution is 0.0767. The van der Waals surface area contributed by atoms with E-state index in [1.54, 1.807) is 40.0 Å². The van der Waals surface area contributed by atoms with Crippen LogP contribution in [0.5, 0.6) is 0 Å². The number of carbonyl (C=O) groups excluding carboxylic acids is 1. The second-order valence-electron chi connectivity index (χ2n) is 7.73. The Hall–Kier alpha value is -4.31. The molecule has 3 heterocycles. The van der Waals surface area contributed by atoms with Gasteiger partial charge < -0.3 is 4.90 Å². The molecule has 0 bridgehead atoms. The van der Waals surface area contributed by atoms with Gasteiger partial charge in [-0.15, -0.1) is 0 Å². The number of aromatic nitrogens is 3. The summed E-state index contributed by atoms with van der Waals surface area (Å²) in [6.07, 6.45) is 3.56. The maximum absolute atomic E-state index is 13.4. The van der Waals surface area contributed by atoms with Crippen molar-refractivity contribution >= 4 is 5.91 Å². The average Bonchev–Trinajstić information content (AvgIpc) is 3.34. The average molecular weight is 423 g/mol. The zero-order chi connectivity index (χ0) is 22.2. The van der Waals surface area contributed by atoms with E-state index >= 15 is 0 Å². The Morgan fingerprint density at radius 1 is 1.12 bits per heavy atom. The van der Waals surface area contributed by atoms with E-state index in [1.165, 1.54) is 12.1 Å². The molecule has 2 aromatic carbocycles. The Kier molecular flexibility index (Phi) is 4.75. The molecule has 0 radical (unpaired) electrons. The molecule has 0 atom stereocenters. The first-order valence-corrected chi connectivity index (χ1v) is 10.1. The van der Waals surface area contributed by atoms with E-state index < -0.39 is 0 Å². The number of benzene rings is 2. The van der Waals surface area contributed by atoms with Gasteiger partial charge in [0.1, 0.15) is 11.5 Å². The molecule has 2 aromatic heterocycles. The number of carbonyl (C=O) groups is 1. The summed E-state index contributed by atoms with van der Waals surface area (Å²) in [6, 6.07) is 17.3. The number of halogens is 1. The fourth-order valence-corrected chi connectivity index (χ4v) is 4.09. The van der Waals surface area contributed by atoms with Crippen LogP contribution in [0.15, 0.2) is 67.0 Å². The highest BCUT2D eigenvalue weighted by Crippen LogP contribution is 2.37. The molecule has 0 aliphatic carbocycles. The molecule has 0 saturated heterocycles. The summed E-state index contributed by atoms with van der Waals surface area (Å²) in [4.78, 5) is 19.6. The van der Waals surface area contributed by atoms with Crippen LogP contribution >= 0.6 is 0 Å². The molecular formula is C25H18FN5O. The third-order valence-corrected chi connectivity index (χ3v) is 5.54. The van der Waals surface area contributed by atoms with Crippen molar-refractivity contribution in [3.8, 4) is 28.5 Å². The van der Waals surface area contributed by atoms with Gasteiger partial charge in [-0.1, -0.05) is 12.1 Å². The van der Waals surface area contributed by atoms with E-state index in [2.05, 4.69) is 16.2 Å². The predicted molar refractivity (Wildman–Crippen MR) is 117 cm³/mol. The number of hydrogen-bond donors (Lipinski definition) is 0. The topological polar surface area (TPSA) is 74.8 Å². The summed E-state index contributed by atoms with van der Waals surface area (Å²) in [5, 5.41) is 13.7. The van der Waals surface area contributed by atoms with Crippen LogP contribution < -0.4 is 0 Å². The lowest BCUT2D eigenvalue weighted by Gasteiger charge is -2.15. The second-order valence-corrected chi connectivity index (χ2v) is 7.73. The molecule has 1 aliphatic heterocycles. The summed E-state index contributed by atoms with van der Waals surface area (Å²) < 4.78 is 15.1. The van der Waals surface area contributed by atoms with Gasteiger partial charge in [-0.3, -0.25) is 14.5 Å². The van der Waals surface area contributed by atoms with Crippen molar-refractivity contribution in [3.63, 3.8) is 0 Å². The van der Waals surface area contributed by atoms with Crippen LogP contribution in [-0.2, 0) is 20.1 Å². The van der Waals surface area contributed by atoms with Crippen LogP contribution in [0, 0.1) is 17.1 Å². The Labute approximate surface area is 184 Å². The highest BCUT2D eigenvalue weighted by molar-refractivity contribution is 6.05. The number of rotatable bonds is 4. The van der Waals surface area contributed by atoms with Crippen LogP contribution in [0.4, 0.5) is 4.39 Å². The molecule has 0 unspecified atom stereocenters. The maximum Gasteiger partial charge on any atom is 0.257 e. The highest BCUT2D eigenvalue weighted by Gasteiger charge is 2.32. The number of nitriles is 1. The Bertz CT molecular complexity index is 1380. The van der Waals surface area contributed by atoms with E-state index in [4.69, 9.17) is 5.26 Å². The molecule has 4 aromatic rings. The number of pyridine rings is 1. The third kappa shape index (κ3) is 3.42. The highest BCUT2D eigenvalue weighted by atomic mass is 19.1. The summed E-state index contributed by atoms with van der Waals surface area (Å²) >= 11 is 0. The zero-order valence-electron chi connectivity index (χ0n) is 17.3. The molecule has 1 aliphatic rings. The summed E-state index contributed by atoms with van der Waals surface area (Å²) in [5.41, 5.74) is 5.69. The molecular weight excluding hydrogens is 405 g/mol. The smallest absolute Gasteiger partial charge is 0.257 e. The van der Waals surface area contributed by atoms with Crippen molar-refractivity contribution in [2.45, 2.75) is 13.1 Å². The van der Waals surface area contributed by atoms with Gasteiger partial charge in [0, 0.05) is 42.7 Å². The van der Waals surface area contributed by atoms with E-state index in [9.17, 15) is 9.18 Å². The number of hydrogen-bond acceptors (Lipinski definition) is 4. The van der Waals surface area contributed by atoms with Gasteiger partial charge in [-0.05, 0) is 48.0 Å². The molecule has 0 saturated carbocycles. The first-order chi connectivity index (χ1) is 15.5. The first-order valence-electron chi connectivity index (χ1n) is 10.1. The van der Waals surface area contributed by atoms with E-state index in [1.807, 2.05) is 31.4 Å². The minimum absolute atomic E-state index is 0.112. The molecule has 156 valence electrons. The minimum Gasteiger partial charge on any atom is -0.328 e. The predicted octanol–water partition coefficient (Wildman–Crippen LogP) is 4.32. The van der Waals surface area contributed by atoms with Crippen molar-refractivity contribution in [1.82, 2.24) is 19.7 Å². The number of fused-ring (bicyclic) bond motifs is 1. The van der Waals surface area contributed by atoms with Gasteiger partial charge >= 0.3 is 0 Å². The van der Waals surface area contributed by atoms with Gasteiger partial charge in [0.15, 0.2) is 0 Å². The SMILES string of the molecule is Cn1cc(-c2ccnc3c2C(=O)N(Cc2cccc(C#N)c2)C3)c(-c2ccc(F)cc2)n1. The summed E-state index contributed by atoms with van der Waals surface area (Å²) in [6.45, 7) is 0.785. The van der Waals surface area contributed by atoms with Crippen molar-refractivity contribution in [1.29, 1.82) is 5.26 Å². The van der Waals surface area contributed by atoms with Gasteiger partial charge in [0.05, 0.1) is 29.4 Å². The van der Waals surface area contributed by atoms with Crippen LogP contribution in [-0.4, -0.2) is 25.6 Å². The summed E-state index contributed by atoms with van der Waals surface area (Å²) in [5.74, 6) is -0.429. The minimum atomic E-state index is -0.317. The third-order valence-electron chi connectivity index (χ3n) is 5.54. The van der Waals surface area contributed by atoms with Gasteiger partial charge in [-0.2, -0.15) is 10.4 Å². The van der Waals surface area contributed by atoms with Crippen LogP contribution in [0.2, 0.25) is 0 Å². The Morgan fingerprint density at radius 3 is 2.72 bits per heavy atom. The lowest BCUT2D eigenvalue weighted by atomic mass is 9.97. The van der Waals surface area contributed by atoms with Crippen molar-refractivity contribution in [2.75, 3.05) is 0 Å². The maximum atomic E-state index is 13.4. The van der Waals surface area contributed by atoms with E-state index in [-0.39, 0.29) is 11.7 Å². The molecule has 1 amide bonds. The molecule has 5 rings (SSSR count). The van der Waals surface area contributed by atoms with Crippen LogP contribution in [0.3, 0.4) is 0 Å². The molecule has 0 N–H and O–H groups in total. The Balaban J connectivity index is 1.54. The number of nitrogens with zero attached hydrogens (tertiary/aromatic N) is 5. The second kappa shape index (κ2) is 7.75. The monoisotopic (exact) mass is 423 g/mol. The van der Waals surface area contributed by atoms with Crippen molar-refractivity contribution in [2.24, 2.45) is 7.05 Å². The quantitative estimate of drug-likeness (QED) is 0.490. The molecule has 0 fully saturated rings. The lowest BCUT2D eigenvalue weighted by Crippen LogP contribution is -2.23. The summed E-state index contributed by atoms with van der Waals surface area (Å²) in [7, 11) is 1.81. The fourth-order valence-electron chi connectivity index (χ4n) is 4.09. The largest absolute Gasteiger partial charge is 0.328 e. The standard InChI is InChI=1S/C25H18FN5O/c1-30-14-21(24(29-30)18-5-7-19(26)8-6-18)20-9-10-28-22-15-31(25(32)23(20)22)13-17-4-2-3-16(11-17)12-27/h2-11,14H,13,15H2,1H3. The number of aryl methyl sites for hydroxylation is 1. The van der Waals surface area contributed by atoms with Gasteiger partial charge in [0.2, 0.25) is 0 Å². The fraction of sp³-hybridized carbons (Fsp3) is 0.120. The normalized spacial score (nSPS) is 12.7. The van der Waals surface area contributed by atoms with Crippen LogP contribution in [0.1, 0.15) is 27.2 Å². The van der Waals surface area contributed by atoms with Gasteiger partial charge in [-0.25, -0.2) is 4.39 Å². The first kappa shape index (κ1) is 19.6. The number of amides is 1.